The van der Waals surface area contributed by atoms with Crippen LogP contribution in [0.25, 0.3) is 0 Å². The summed E-state index contributed by atoms with van der Waals surface area (Å²) in [5.74, 6) is -0.124. The molecule has 1 aliphatic carbocycles. The first kappa shape index (κ1) is 11.5. The molecule has 0 aliphatic heterocycles. The summed E-state index contributed by atoms with van der Waals surface area (Å²) in [6.07, 6.45) is 3.62. The topological polar surface area (TPSA) is 46.5 Å². The Bertz CT molecular complexity index is 203. The van der Waals surface area contributed by atoms with Gasteiger partial charge in [0.15, 0.2) is 0 Å². The molecule has 0 amide bonds. The van der Waals surface area contributed by atoms with Crippen molar-refractivity contribution in [3.8, 4) is 0 Å². The molecule has 3 nitrogen and oxygen atoms in total. The molecule has 0 heterocycles. The fraction of sp³-hybridized carbons (Fsp3) is 0.909. The van der Waals surface area contributed by atoms with E-state index in [9.17, 15) is 9.90 Å². The number of hydrogen-bond acceptors (Lipinski definition) is 3. The lowest BCUT2D eigenvalue weighted by Crippen LogP contribution is -2.39. The number of aliphatic hydroxyl groups excluding tert-OH is 1. The van der Waals surface area contributed by atoms with E-state index < -0.39 is 5.41 Å². The summed E-state index contributed by atoms with van der Waals surface area (Å²) in [7, 11) is 0. The lowest BCUT2D eigenvalue weighted by Gasteiger charge is -2.36. The number of aliphatic hydroxyl groups is 1. The van der Waals surface area contributed by atoms with Crippen molar-refractivity contribution in [2.24, 2.45) is 5.41 Å². The minimum Gasteiger partial charge on any atom is -0.466 e. The molecule has 1 N–H and O–H groups in total. The van der Waals surface area contributed by atoms with Crippen molar-refractivity contribution in [2.45, 2.75) is 52.1 Å². The normalized spacial score (nSPS) is 32.6. The Morgan fingerprint density at radius 3 is 2.79 bits per heavy atom. The van der Waals surface area contributed by atoms with E-state index in [1.54, 1.807) is 0 Å². The van der Waals surface area contributed by atoms with E-state index in [0.717, 1.165) is 25.7 Å². The van der Waals surface area contributed by atoms with Gasteiger partial charge in [0.1, 0.15) is 0 Å². The van der Waals surface area contributed by atoms with Crippen LogP contribution in [0.2, 0.25) is 0 Å². The van der Waals surface area contributed by atoms with Crippen LogP contribution in [0.5, 0.6) is 0 Å². The molecule has 0 aromatic rings. The Kier molecular flexibility index (Phi) is 3.93. The Morgan fingerprint density at radius 1 is 1.57 bits per heavy atom. The molecule has 1 fully saturated rings. The van der Waals surface area contributed by atoms with Gasteiger partial charge in [-0.3, -0.25) is 4.79 Å². The van der Waals surface area contributed by atoms with Crippen LogP contribution in [0.1, 0.15) is 46.0 Å². The number of hydrogen-bond donors (Lipinski definition) is 1. The SMILES string of the molecule is CCOC(=O)C1(CC)CCCC(O)C1. The highest BCUT2D eigenvalue weighted by atomic mass is 16.5. The van der Waals surface area contributed by atoms with Crippen LogP contribution < -0.4 is 0 Å². The van der Waals surface area contributed by atoms with E-state index in [2.05, 4.69) is 0 Å². The van der Waals surface area contributed by atoms with Crippen molar-refractivity contribution in [3.63, 3.8) is 0 Å². The van der Waals surface area contributed by atoms with Crippen molar-refractivity contribution in [1.82, 2.24) is 0 Å². The molecule has 0 bridgehead atoms. The first-order valence-electron chi connectivity index (χ1n) is 5.50. The second kappa shape index (κ2) is 4.78. The van der Waals surface area contributed by atoms with Crippen LogP contribution >= 0.6 is 0 Å². The van der Waals surface area contributed by atoms with E-state index >= 15 is 0 Å². The molecule has 2 atom stereocenters. The van der Waals surface area contributed by atoms with Crippen LogP contribution in [-0.4, -0.2) is 23.8 Å². The van der Waals surface area contributed by atoms with Gasteiger partial charge in [-0.25, -0.2) is 0 Å². The lowest BCUT2D eigenvalue weighted by molar-refractivity contribution is -0.160. The zero-order valence-electron chi connectivity index (χ0n) is 9.08. The lowest BCUT2D eigenvalue weighted by atomic mass is 9.71. The maximum atomic E-state index is 11.8. The van der Waals surface area contributed by atoms with Crippen molar-refractivity contribution in [2.75, 3.05) is 6.61 Å². The average molecular weight is 200 g/mol. The van der Waals surface area contributed by atoms with E-state index in [1.807, 2.05) is 13.8 Å². The van der Waals surface area contributed by atoms with Crippen molar-refractivity contribution in [3.05, 3.63) is 0 Å². The van der Waals surface area contributed by atoms with Crippen molar-refractivity contribution >= 4 is 5.97 Å². The first-order chi connectivity index (χ1) is 6.64. The summed E-state index contributed by atoms with van der Waals surface area (Å²) >= 11 is 0. The number of rotatable bonds is 3. The maximum Gasteiger partial charge on any atom is 0.312 e. The summed E-state index contributed by atoms with van der Waals surface area (Å²) < 4.78 is 5.07. The molecule has 2 unspecified atom stereocenters. The van der Waals surface area contributed by atoms with Gasteiger partial charge in [-0.1, -0.05) is 6.92 Å². The molecule has 3 heteroatoms. The van der Waals surface area contributed by atoms with Crippen LogP contribution in [0.15, 0.2) is 0 Å². The molecule has 14 heavy (non-hydrogen) atoms. The maximum absolute atomic E-state index is 11.8. The highest BCUT2D eigenvalue weighted by Crippen LogP contribution is 2.40. The molecular weight excluding hydrogens is 180 g/mol. The predicted molar refractivity (Wildman–Crippen MR) is 53.8 cm³/mol. The van der Waals surface area contributed by atoms with Gasteiger partial charge in [0, 0.05) is 0 Å². The third kappa shape index (κ3) is 2.27. The first-order valence-corrected chi connectivity index (χ1v) is 5.50. The van der Waals surface area contributed by atoms with E-state index in [4.69, 9.17) is 4.74 Å². The van der Waals surface area contributed by atoms with Gasteiger partial charge >= 0.3 is 5.97 Å². The van der Waals surface area contributed by atoms with Crippen LogP contribution in [0, 0.1) is 5.41 Å². The largest absolute Gasteiger partial charge is 0.466 e. The number of esters is 1. The quantitative estimate of drug-likeness (QED) is 0.707. The number of carbonyl (C=O) groups is 1. The molecule has 0 aromatic heterocycles. The summed E-state index contributed by atoms with van der Waals surface area (Å²) in [6.45, 7) is 4.24. The minimum absolute atomic E-state index is 0.124. The third-order valence-corrected chi connectivity index (χ3v) is 3.20. The van der Waals surface area contributed by atoms with Crippen LogP contribution in [0.4, 0.5) is 0 Å². The average Bonchev–Trinajstić information content (AvgIpc) is 2.18. The van der Waals surface area contributed by atoms with Gasteiger partial charge in [0.2, 0.25) is 0 Å². The Hall–Kier alpha value is -0.570. The molecule has 1 saturated carbocycles. The minimum atomic E-state index is -0.409. The Morgan fingerprint density at radius 2 is 2.29 bits per heavy atom. The summed E-state index contributed by atoms with van der Waals surface area (Å²) in [6, 6.07) is 0. The monoisotopic (exact) mass is 200 g/mol. The van der Waals surface area contributed by atoms with Crippen molar-refractivity contribution < 1.29 is 14.6 Å². The Labute approximate surface area is 85.5 Å². The molecule has 0 radical (unpaired) electrons. The van der Waals surface area contributed by atoms with Crippen molar-refractivity contribution in [1.29, 1.82) is 0 Å². The zero-order valence-corrected chi connectivity index (χ0v) is 9.08. The molecular formula is C11H20O3. The fourth-order valence-corrected chi connectivity index (χ4v) is 2.27. The van der Waals surface area contributed by atoms with Gasteiger partial charge in [0.25, 0.3) is 0 Å². The van der Waals surface area contributed by atoms with Gasteiger partial charge in [-0.05, 0) is 39.0 Å². The molecule has 1 rings (SSSR count). The molecule has 82 valence electrons. The van der Waals surface area contributed by atoms with Gasteiger partial charge in [-0.2, -0.15) is 0 Å². The number of carbonyl (C=O) groups excluding carboxylic acids is 1. The van der Waals surface area contributed by atoms with Crippen LogP contribution in [-0.2, 0) is 9.53 Å². The van der Waals surface area contributed by atoms with Gasteiger partial charge < -0.3 is 9.84 Å². The van der Waals surface area contributed by atoms with Gasteiger partial charge in [-0.15, -0.1) is 0 Å². The fourth-order valence-electron chi connectivity index (χ4n) is 2.27. The zero-order chi connectivity index (χ0) is 10.6. The molecule has 0 spiro atoms. The van der Waals surface area contributed by atoms with E-state index in [-0.39, 0.29) is 12.1 Å². The molecule has 1 aliphatic rings. The highest BCUT2D eigenvalue weighted by Gasteiger charge is 2.41. The highest BCUT2D eigenvalue weighted by molar-refractivity contribution is 5.77. The standard InChI is InChI=1S/C11H20O3/c1-3-11(10(13)14-4-2)7-5-6-9(12)8-11/h9,12H,3-8H2,1-2H3. The van der Waals surface area contributed by atoms with Crippen LogP contribution in [0.3, 0.4) is 0 Å². The summed E-state index contributed by atoms with van der Waals surface area (Å²) in [5, 5.41) is 9.59. The van der Waals surface area contributed by atoms with Gasteiger partial charge in [0.05, 0.1) is 18.1 Å². The summed E-state index contributed by atoms with van der Waals surface area (Å²) in [5.41, 5.74) is -0.409. The predicted octanol–water partition coefficient (Wildman–Crippen LogP) is 1.88. The number of ether oxygens (including phenoxy) is 1. The smallest absolute Gasteiger partial charge is 0.312 e. The molecule has 0 saturated heterocycles. The second-order valence-electron chi connectivity index (χ2n) is 4.10. The molecule has 0 aromatic carbocycles. The third-order valence-electron chi connectivity index (χ3n) is 3.20. The second-order valence-corrected chi connectivity index (χ2v) is 4.10. The Balaban J connectivity index is 2.68. The van der Waals surface area contributed by atoms with E-state index in [1.165, 1.54) is 0 Å². The van der Waals surface area contributed by atoms with E-state index in [0.29, 0.717) is 13.0 Å². The summed E-state index contributed by atoms with van der Waals surface area (Å²) in [4.78, 5) is 11.8.